The minimum absolute atomic E-state index is 0.157. The molecule has 0 bridgehead atoms. The summed E-state index contributed by atoms with van der Waals surface area (Å²) >= 11 is 0. The third-order valence-corrected chi connectivity index (χ3v) is 5.14. The van der Waals surface area contributed by atoms with Gasteiger partial charge in [-0.1, -0.05) is 60.7 Å². The van der Waals surface area contributed by atoms with Crippen molar-refractivity contribution in [2.45, 2.75) is 31.9 Å². The van der Waals surface area contributed by atoms with Gasteiger partial charge in [-0.2, -0.15) is 0 Å². The monoisotopic (exact) mass is 365 g/mol. The molecule has 0 unspecified atom stereocenters. The van der Waals surface area contributed by atoms with Gasteiger partial charge < -0.3 is 4.74 Å². The third kappa shape index (κ3) is 4.49. The predicted octanol–water partition coefficient (Wildman–Crippen LogP) is 4.09. The van der Waals surface area contributed by atoms with E-state index in [1.165, 1.54) is 0 Å². The van der Waals surface area contributed by atoms with Crippen molar-refractivity contribution < 1.29 is 14.5 Å². The first-order chi connectivity index (χ1) is 13.1. The third-order valence-electron chi connectivity index (χ3n) is 5.14. The van der Waals surface area contributed by atoms with Gasteiger partial charge in [0, 0.05) is 17.3 Å². The summed E-state index contributed by atoms with van der Waals surface area (Å²) in [6.07, 6.45) is 2.74. The second-order valence-corrected chi connectivity index (χ2v) is 6.96. The van der Waals surface area contributed by atoms with Gasteiger partial charge in [-0.3, -0.25) is 14.9 Å². The Morgan fingerprint density at radius 2 is 1.85 bits per heavy atom. The average Bonchev–Trinajstić information content (AvgIpc) is 2.69. The highest BCUT2D eigenvalue weighted by Gasteiger charge is 2.42. The molecule has 0 amide bonds. The van der Waals surface area contributed by atoms with E-state index in [0.29, 0.717) is 18.8 Å². The van der Waals surface area contributed by atoms with Crippen LogP contribution in [0.15, 0.2) is 66.2 Å². The van der Waals surface area contributed by atoms with Crippen LogP contribution in [0.1, 0.15) is 29.0 Å². The van der Waals surface area contributed by atoms with Gasteiger partial charge in [0.25, 0.3) is 0 Å². The van der Waals surface area contributed by atoms with E-state index in [9.17, 15) is 14.9 Å². The molecule has 1 aliphatic rings. The molecule has 1 aliphatic carbocycles. The molecule has 0 saturated heterocycles. The van der Waals surface area contributed by atoms with Crippen LogP contribution in [0.4, 0.5) is 0 Å². The number of carbonyl (C=O) groups excluding carboxylic acids is 1. The molecule has 0 spiro atoms. The van der Waals surface area contributed by atoms with Crippen molar-refractivity contribution in [2.24, 2.45) is 5.92 Å². The Balaban J connectivity index is 1.87. The zero-order chi connectivity index (χ0) is 19.2. The Labute approximate surface area is 158 Å². The lowest BCUT2D eigenvalue weighted by atomic mass is 9.73. The molecule has 0 aliphatic heterocycles. The number of rotatable bonds is 7. The molecule has 3 atom stereocenters. The molecule has 0 aromatic heterocycles. The number of benzene rings is 2. The second-order valence-electron chi connectivity index (χ2n) is 6.96. The lowest BCUT2D eigenvalue weighted by Crippen LogP contribution is -2.38. The van der Waals surface area contributed by atoms with Crippen LogP contribution >= 0.6 is 0 Å². The summed E-state index contributed by atoms with van der Waals surface area (Å²) in [5.41, 5.74) is 3.50. The number of hydrogen-bond acceptors (Lipinski definition) is 4. The Morgan fingerprint density at radius 3 is 2.52 bits per heavy atom. The number of aldehydes is 1. The first-order valence-corrected chi connectivity index (χ1v) is 9.06. The summed E-state index contributed by atoms with van der Waals surface area (Å²) in [5, 5.41) is 11.8. The van der Waals surface area contributed by atoms with Crippen LogP contribution in [-0.4, -0.2) is 23.9 Å². The summed E-state index contributed by atoms with van der Waals surface area (Å²) in [6.45, 7) is 2.73. The van der Waals surface area contributed by atoms with Gasteiger partial charge in [0.1, 0.15) is 6.29 Å². The molecule has 0 radical (unpaired) electrons. The number of carbonyl (C=O) groups is 1. The minimum Gasteiger partial charge on any atom is -0.376 e. The fourth-order valence-corrected chi connectivity index (χ4v) is 3.83. The number of hydrogen-bond donors (Lipinski definition) is 0. The highest BCUT2D eigenvalue weighted by molar-refractivity contribution is 5.74. The van der Waals surface area contributed by atoms with Gasteiger partial charge in [-0.15, -0.1) is 0 Å². The van der Waals surface area contributed by atoms with Gasteiger partial charge >= 0.3 is 0 Å². The zero-order valence-electron chi connectivity index (χ0n) is 15.3. The highest BCUT2D eigenvalue weighted by Crippen LogP contribution is 2.39. The molecule has 5 nitrogen and oxygen atoms in total. The van der Waals surface area contributed by atoms with E-state index in [-0.39, 0.29) is 23.2 Å². The molecular weight excluding hydrogens is 342 g/mol. The number of ether oxygens (including phenoxy) is 1. The quantitative estimate of drug-likeness (QED) is 0.421. The molecule has 0 heterocycles. The van der Waals surface area contributed by atoms with E-state index in [1.807, 2.05) is 67.6 Å². The lowest BCUT2D eigenvalue weighted by molar-refractivity contribution is -0.528. The second kappa shape index (κ2) is 8.73. The van der Waals surface area contributed by atoms with Gasteiger partial charge in [0.15, 0.2) is 0 Å². The Bertz CT molecular complexity index is 831. The van der Waals surface area contributed by atoms with E-state index >= 15 is 0 Å². The van der Waals surface area contributed by atoms with Crippen LogP contribution in [0.5, 0.6) is 0 Å². The number of aryl methyl sites for hydroxylation is 1. The largest absolute Gasteiger partial charge is 0.376 e. The molecule has 5 heteroatoms. The van der Waals surface area contributed by atoms with Crippen molar-refractivity contribution in [2.75, 3.05) is 6.61 Å². The van der Waals surface area contributed by atoms with Crippen molar-refractivity contribution >= 4 is 6.29 Å². The van der Waals surface area contributed by atoms with Gasteiger partial charge in [0.2, 0.25) is 6.04 Å². The van der Waals surface area contributed by atoms with Crippen molar-refractivity contribution in [3.63, 3.8) is 0 Å². The SMILES string of the molecule is Cc1ccccc1[C@@H]1[C@@H](COCc2ccccc2)C=C(C=O)C[C@@H]1[N+](=O)[O-]. The van der Waals surface area contributed by atoms with E-state index in [1.54, 1.807) is 0 Å². The van der Waals surface area contributed by atoms with E-state index in [4.69, 9.17) is 4.74 Å². The molecular formula is C22H23NO4. The molecule has 2 aromatic rings. The molecule has 27 heavy (non-hydrogen) atoms. The zero-order valence-corrected chi connectivity index (χ0v) is 15.3. The van der Waals surface area contributed by atoms with Crippen molar-refractivity contribution in [1.29, 1.82) is 0 Å². The molecule has 0 saturated carbocycles. The Kier molecular flexibility index (Phi) is 6.14. The standard InChI is InChI=1S/C22H23NO4/c1-16-7-5-6-10-20(16)22-19(11-18(13-24)12-21(22)23(25)26)15-27-14-17-8-3-2-4-9-17/h2-11,13,19,21-22H,12,14-15H2,1H3/t19-,21+,22+/m1/s1. The lowest BCUT2D eigenvalue weighted by Gasteiger charge is -2.32. The molecule has 2 aromatic carbocycles. The van der Waals surface area contributed by atoms with Crippen LogP contribution in [0.25, 0.3) is 0 Å². The topological polar surface area (TPSA) is 69.4 Å². The van der Waals surface area contributed by atoms with Crippen molar-refractivity contribution in [3.8, 4) is 0 Å². The van der Waals surface area contributed by atoms with Crippen LogP contribution < -0.4 is 0 Å². The Morgan fingerprint density at radius 1 is 1.15 bits per heavy atom. The van der Waals surface area contributed by atoms with E-state index in [0.717, 1.165) is 23.0 Å². The van der Waals surface area contributed by atoms with Crippen molar-refractivity contribution in [3.05, 3.63) is 93.1 Å². The maximum atomic E-state index is 11.8. The van der Waals surface area contributed by atoms with Gasteiger partial charge in [-0.05, 0) is 29.2 Å². The number of nitrogens with zero attached hydrogens (tertiary/aromatic N) is 1. The average molecular weight is 365 g/mol. The first kappa shape index (κ1) is 19.0. The summed E-state index contributed by atoms with van der Waals surface area (Å²) < 4.78 is 5.89. The normalized spacial score (nSPS) is 22.1. The maximum Gasteiger partial charge on any atom is 0.224 e. The fraction of sp³-hybridized carbons (Fsp3) is 0.318. The Hall–Kier alpha value is -2.79. The molecule has 3 rings (SSSR count). The number of nitro groups is 1. The van der Waals surface area contributed by atoms with E-state index in [2.05, 4.69) is 0 Å². The molecule has 0 fully saturated rings. The molecule has 0 N–H and O–H groups in total. The minimum atomic E-state index is -0.832. The summed E-state index contributed by atoms with van der Waals surface area (Å²) in [5.74, 6) is -0.542. The smallest absolute Gasteiger partial charge is 0.224 e. The van der Waals surface area contributed by atoms with Crippen LogP contribution in [0.3, 0.4) is 0 Å². The predicted molar refractivity (Wildman–Crippen MR) is 103 cm³/mol. The summed E-state index contributed by atoms with van der Waals surface area (Å²) in [6, 6.07) is 16.7. The fourth-order valence-electron chi connectivity index (χ4n) is 3.83. The first-order valence-electron chi connectivity index (χ1n) is 9.06. The van der Waals surface area contributed by atoms with Crippen molar-refractivity contribution in [1.82, 2.24) is 0 Å². The maximum absolute atomic E-state index is 11.8. The molecule has 140 valence electrons. The highest BCUT2D eigenvalue weighted by atomic mass is 16.6. The van der Waals surface area contributed by atoms with Gasteiger partial charge in [-0.25, -0.2) is 0 Å². The van der Waals surface area contributed by atoms with Gasteiger partial charge in [0.05, 0.1) is 19.1 Å². The van der Waals surface area contributed by atoms with Crippen LogP contribution in [-0.2, 0) is 16.1 Å². The van der Waals surface area contributed by atoms with Crippen LogP contribution in [0, 0.1) is 23.0 Å². The summed E-state index contributed by atoms with van der Waals surface area (Å²) in [4.78, 5) is 22.9. The van der Waals surface area contributed by atoms with Crippen LogP contribution in [0.2, 0.25) is 0 Å². The van der Waals surface area contributed by atoms with E-state index < -0.39 is 6.04 Å². The summed E-state index contributed by atoms with van der Waals surface area (Å²) in [7, 11) is 0.